The van der Waals surface area contributed by atoms with Crippen LogP contribution >= 0.6 is 0 Å². The van der Waals surface area contributed by atoms with E-state index >= 15 is 0 Å². The number of carbonyl (C=O) groups excluding carboxylic acids is 1. The van der Waals surface area contributed by atoms with Crippen molar-refractivity contribution in [2.45, 2.75) is 30.7 Å². The molecule has 0 radical (unpaired) electrons. The first-order chi connectivity index (χ1) is 18.8. The Morgan fingerprint density at radius 1 is 0.949 bits per heavy atom. The summed E-state index contributed by atoms with van der Waals surface area (Å²) < 4.78 is 41.1. The predicted octanol–water partition coefficient (Wildman–Crippen LogP) is 5.02. The van der Waals surface area contributed by atoms with Gasteiger partial charge in [0.2, 0.25) is 6.23 Å². The lowest BCUT2D eigenvalue weighted by Gasteiger charge is -2.37. The zero-order valence-corrected chi connectivity index (χ0v) is 21.3. The molecule has 3 aromatic carbocycles. The molecule has 1 fully saturated rings. The Morgan fingerprint density at radius 2 is 1.51 bits per heavy atom. The number of aromatic nitrogens is 2. The zero-order chi connectivity index (χ0) is 27.6. The highest BCUT2D eigenvalue weighted by Crippen LogP contribution is 2.46. The van der Waals surface area contributed by atoms with Gasteiger partial charge >= 0.3 is 5.69 Å². The molecule has 1 N–H and O–H groups in total. The lowest BCUT2D eigenvalue weighted by atomic mass is 9.77. The maximum atomic E-state index is 14.9. The second-order valence-electron chi connectivity index (χ2n) is 9.39. The smallest absolute Gasteiger partial charge is 0.351 e. The highest BCUT2D eigenvalue weighted by atomic mass is 19.3. The van der Waals surface area contributed by atoms with Gasteiger partial charge in [0.05, 0.1) is 13.0 Å². The second kappa shape index (κ2) is 10.4. The van der Waals surface area contributed by atoms with Gasteiger partial charge in [-0.1, -0.05) is 79.7 Å². The molecule has 1 aromatic heterocycles. The van der Waals surface area contributed by atoms with Crippen LogP contribution in [0.1, 0.15) is 29.8 Å². The minimum Gasteiger partial charge on any atom is -0.497 e. The lowest BCUT2D eigenvalue weighted by molar-refractivity contribution is -0.131. The van der Waals surface area contributed by atoms with Crippen LogP contribution in [0, 0.1) is 5.92 Å². The van der Waals surface area contributed by atoms with Crippen molar-refractivity contribution in [2.24, 2.45) is 5.92 Å². The van der Waals surface area contributed by atoms with Crippen LogP contribution in [0.25, 0.3) is 0 Å². The number of benzene rings is 3. The highest BCUT2D eigenvalue weighted by Gasteiger charge is 2.57. The third-order valence-electron chi connectivity index (χ3n) is 7.18. The normalized spacial score (nSPS) is 20.4. The summed E-state index contributed by atoms with van der Waals surface area (Å²) >= 11 is 0. The van der Waals surface area contributed by atoms with E-state index in [0.29, 0.717) is 12.0 Å². The molecule has 0 unspecified atom stereocenters. The number of hydrogen-bond donors (Lipinski definition) is 1. The highest BCUT2D eigenvalue weighted by molar-refractivity contribution is 5.59. The van der Waals surface area contributed by atoms with Crippen molar-refractivity contribution in [3.05, 3.63) is 124 Å². The largest absolute Gasteiger partial charge is 0.497 e. The van der Waals surface area contributed by atoms with Crippen LogP contribution in [0.15, 0.2) is 102 Å². The van der Waals surface area contributed by atoms with Crippen LogP contribution in [0.2, 0.25) is 0 Å². The van der Waals surface area contributed by atoms with Crippen LogP contribution in [-0.2, 0) is 15.1 Å². The fraction of sp³-hybridized carbons (Fsp3) is 0.233. The van der Waals surface area contributed by atoms with E-state index in [1.807, 2.05) is 84.9 Å². The van der Waals surface area contributed by atoms with Gasteiger partial charge in [-0.25, -0.2) is 13.6 Å². The van der Waals surface area contributed by atoms with E-state index < -0.39 is 35.4 Å². The number of anilines is 1. The van der Waals surface area contributed by atoms with E-state index in [4.69, 9.17) is 9.47 Å². The Kier molecular flexibility index (Phi) is 7.01. The maximum absolute atomic E-state index is 14.9. The van der Waals surface area contributed by atoms with Crippen LogP contribution < -0.4 is 15.7 Å². The van der Waals surface area contributed by atoms with Crippen molar-refractivity contribution in [1.82, 2.24) is 9.55 Å². The molecule has 0 bridgehead atoms. The van der Waals surface area contributed by atoms with Gasteiger partial charge in [-0.05, 0) is 34.9 Å². The van der Waals surface area contributed by atoms with Gasteiger partial charge in [-0.3, -0.25) is 4.57 Å². The molecule has 1 saturated heterocycles. The van der Waals surface area contributed by atoms with Crippen molar-refractivity contribution in [2.75, 3.05) is 12.4 Å². The molecular weight excluding hydrogens is 504 g/mol. The summed E-state index contributed by atoms with van der Waals surface area (Å²) in [5.74, 6) is -3.98. The summed E-state index contributed by atoms with van der Waals surface area (Å²) in [5, 5.41) is 3.44. The molecule has 0 spiro atoms. The van der Waals surface area contributed by atoms with E-state index in [0.717, 1.165) is 21.3 Å². The second-order valence-corrected chi connectivity index (χ2v) is 9.39. The van der Waals surface area contributed by atoms with Gasteiger partial charge in [0, 0.05) is 6.20 Å². The van der Waals surface area contributed by atoms with Crippen molar-refractivity contribution >= 4 is 12.1 Å². The van der Waals surface area contributed by atoms with Crippen LogP contribution in [0.4, 0.5) is 14.6 Å². The molecular formula is C30H27F2N3O4. The zero-order valence-electron chi connectivity index (χ0n) is 21.3. The van der Waals surface area contributed by atoms with Gasteiger partial charge in [-0.2, -0.15) is 4.98 Å². The first-order valence-electron chi connectivity index (χ1n) is 12.4. The van der Waals surface area contributed by atoms with Gasteiger partial charge in [0.25, 0.3) is 5.92 Å². The van der Waals surface area contributed by atoms with E-state index in [-0.39, 0.29) is 5.82 Å². The molecule has 1 aliphatic heterocycles. The van der Waals surface area contributed by atoms with Crippen LogP contribution in [0.3, 0.4) is 0 Å². The number of methoxy groups -OCH3 is 1. The monoisotopic (exact) mass is 531 g/mol. The summed E-state index contributed by atoms with van der Waals surface area (Å²) in [6.45, 7) is 1.22. The Balaban J connectivity index is 1.63. The molecule has 0 saturated carbocycles. The van der Waals surface area contributed by atoms with Gasteiger partial charge < -0.3 is 19.6 Å². The quantitative estimate of drug-likeness (QED) is 0.254. The Labute approximate surface area is 224 Å². The first kappa shape index (κ1) is 26.2. The SMILES string of the molecule is COc1ccc(C(Nc2ccn([C@@H]3O[C@H](C=O)[C@@H](C)C3(F)F)c(=O)n2)(c2ccccc2)c2ccccc2)cc1. The molecule has 5 rings (SSSR count). The van der Waals surface area contributed by atoms with E-state index in [1.165, 1.54) is 19.2 Å². The average molecular weight is 532 g/mol. The van der Waals surface area contributed by atoms with E-state index in [1.54, 1.807) is 7.11 Å². The van der Waals surface area contributed by atoms with E-state index in [2.05, 4.69) is 10.3 Å². The summed E-state index contributed by atoms with van der Waals surface area (Å²) in [7, 11) is 1.59. The van der Waals surface area contributed by atoms with Crippen LogP contribution in [-0.4, -0.2) is 35.0 Å². The van der Waals surface area contributed by atoms with Gasteiger partial charge in [0.1, 0.15) is 29.5 Å². The summed E-state index contributed by atoms with van der Waals surface area (Å²) in [6, 6.07) is 28.2. The van der Waals surface area contributed by atoms with Crippen molar-refractivity contribution in [3.8, 4) is 5.75 Å². The molecule has 4 aromatic rings. The summed E-state index contributed by atoms with van der Waals surface area (Å²) in [6.07, 6.45) is -1.72. The number of hydrogen-bond acceptors (Lipinski definition) is 6. The number of carbonyl (C=O) groups is 1. The maximum Gasteiger partial charge on any atom is 0.351 e. The number of ether oxygens (including phenoxy) is 2. The van der Waals surface area contributed by atoms with Crippen molar-refractivity contribution in [1.29, 1.82) is 0 Å². The van der Waals surface area contributed by atoms with Crippen molar-refractivity contribution < 1.29 is 23.0 Å². The Hall–Kier alpha value is -4.37. The minimum atomic E-state index is -3.44. The molecule has 0 aliphatic carbocycles. The summed E-state index contributed by atoms with van der Waals surface area (Å²) in [5.41, 5.74) is 0.611. The topological polar surface area (TPSA) is 82.5 Å². The van der Waals surface area contributed by atoms with Gasteiger partial charge in [0.15, 0.2) is 0 Å². The number of alkyl halides is 2. The third-order valence-corrected chi connectivity index (χ3v) is 7.18. The number of nitrogens with zero attached hydrogens (tertiary/aromatic N) is 2. The lowest BCUT2D eigenvalue weighted by Crippen LogP contribution is -2.40. The standard InChI is InChI=1S/C30H27F2N3O4/c1-20-25(19-36)39-27(30(20,31)32)35-18-17-26(33-28(35)37)34-29(21-9-5-3-6-10-21,22-11-7-4-8-12-22)23-13-15-24(38-2)16-14-23/h3-20,25,27H,1-2H3,(H,33,34,37)/t20-,25-,27-/m1/s1. The number of rotatable bonds is 8. The van der Waals surface area contributed by atoms with Crippen LogP contribution in [0.5, 0.6) is 5.75 Å². The molecule has 7 nitrogen and oxygen atoms in total. The molecule has 0 amide bonds. The molecule has 200 valence electrons. The molecule has 1 aliphatic rings. The average Bonchev–Trinajstić information content (AvgIpc) is 3.20. The molecule has 2 heterocycles. The van der Waals surface area contributed by atoms with Crippen molar-refractivity contribution in [3.63, 3.8) is 0 Å². The summed E-state index contributed by atoms with van der Waals surface area (Å²) in [4.78, 5) is 28.5. The Bertz CT molecular complexity index is 1450. The first-order valence-corrected chi connectivity index (χ1v) is 12.4. The third kappa shape index (κ3) is 4.59. The fourth-order valence-electron chi connectivity index (χ4n) is 4.99. The number of halogens is 2. The predicted molar refractivity (Wildman–Crippen MR) is 142 cm³/mol. The van der Waals surface area contributed by atoms with E-state index in [9.17, 15) is 18.4 Å². The number of nitrogens with one attached hydrogen (secondary N) is 1. The number of aldehydes is 1. The fourth-order valence-corrected chi connectivity index (χ4v) is 4.99. The molecule has 3 atom stereocenters. The van der Waals surface area contributed by atoms with Gasteiger partial charge in [-0.15, -0.1) is 0 Å². The molecule has 39 heavy (non-hydrogen) atoms. The Morgan fingerprint density at radius 3 is 2.00 bits per heavy atom. The molecule has 9 heteroatoms. The minimum absolute atomic E-state index is 0.168.